The molecule has 2 heterocycles. The summed E-state index contributed by atoms with van der Waals surface area (Å²) in [6.07, 6.45) is 8.23. The number of amides is 1. The van der Waals surface area contributed by atoms with Crippen LogP contribution < -0.4 is 0 Å². The fourth-order valence-electron chi connectivity index (χ4n) is 4.35. The zero-order valence-corrected chi connectivity index (χ0v) is 14.4. The summed E-state index contributed by atoms with van der Waals surface area (Å²) in [5.41, 5.74) is 2.46. The van der Waals surface area contributed by atoms with E-state index in [0.29, 0.717) is 0 Å². The van der Waals surface area contributed by atoms with Crippen LogP contribution in [0.4, 0.5) is 0 Å². The third-order valence-electron chi connectivity index (χ3n) is 5.61. The number of aliphatic hydroxyl groups is 1. The summed E-state index contributed by atoms with van der Waals surface area (Å²) in [6, 6.07) is 0.105. The van der Waals surface area contributed by atoms with Gasteiger partial charge in [-0.1, -0.05) is 25.7 Å². The topological polar surface area (TPSA) is 69.2 Å². The number of aromatic nitrogens is 2. The highest BCUT2D eigenvalue weighted by atomic mass is 16.3. The first-order chi connectivity index (χ1) is 11.0. The fourth-order valence-corrected chi connectivity index (χ4v) is 4.35. The highest BCUT2D eigenvalue weighted by Gasteiger charge is 2.37. The Bertz CT molecular complexity index is 541. The van der Waals surface area contributed by atoms with Crippen molar-refractivity contribution in [3.63, 3.8) is 0 Å². The number of H-pyrrole nitrogens is 1. The molecule has 23 heavy (non-hydrogen) atoms. The SMILES string of the molecule is Cc1n[nH]c(C)c1C1CCCCCN1C(=O)CC1(O)CCCC1. The zero-order chi connectivity index (χ0) is 16.4. The molecule has 1 amide bonds. The minimum absolute atomic E-state index is 0.105. The Morgan fingerprint density at radius 1 is 1.26 bits per heavy atom. The lowest BCUT2D eigenvalue weighted by Crippen LogP contribution is -2.40. The molecular weight excluding hydrogens is 290 g/mol. The van der Waals surface area contributed by atoms with Gasteiger partial charge in [-0.25, -0.2) is 0 Å². The number of carbonyl (C=O) groups excluding carboxylic acids is 1. The Labute approximate surface area is 138 Å². The third kappa shape index (κ3) is 3.44. The van der Waals surface area contributed by atoms with Crippen LogP contribution in [-0.4, -0.2) is 38.3 Å². The summed E-state index contributed by atoms with van der Waals surface area (Å²) in [5.74, 6) is 0.112. The van der Waals surface area contributed by atoms with Crippen LogP contribution in [-0.2, 0) is 4.79 Å². The molecule has 1 saturated heterocycles. The summed E-state index contributed by atoms with van der Waals surface area (Å²) >= 11 is 0. The largest absolute Gasteiger partial charge is 0.389 e. The lowest BCUT2D eigenvalue weighted by molar-refractivity contribution is -0.138. The molecule has 0 bridgehead atoms. The predicted molar refractivity (Wildman–Crippen MR) is 89.0 cm³/mol. The van der Waals surface area contributed by atoms with Crippen molar-refractivity contribution in [1.82, 2.24) is 15.1 Å². The maximum atomic E-state index is 13.0. The Hall–Kier alpha value is -1.36. The Balaban J connectivity index is 1.82. The van der Waals surface area contributed by atoms with E-state index >= 15 is 0 Å². The van der Waals surface area contributed by atoms with Crippen LogP contribution in [0.3, 0.4) is 0 Å². The molecule has 1 aromatic rings. The van der Waals surface area contributed by atoms with E-state index in [1.54, 1.807) is 0 Å². The van der Waals surface area contributed by atoms with Crippen molar-refractivity contribution in [3.05, 3.63) is 17.0 Å². The fraction of sp³-hybridized carbons (Fsp3) is 0.778. The second-order valence-electron chi connectivity index (χ2n) is 7.41. The molecule has 3 rings (SSSR count). The van der Waals surface area contributed by atoms with Crippen LogP contribution >= 0.6 is 0 Å². The van der Waals surface area contributed by atoms with Gasteiger partial charge in [0.05, 0.1) is 23.8 Å². The summed E-state index contributed by atoms with van der Waals surface area (Å²) in [5, 5.41) is 18.0. The smallest absolute Gasteiger partial charge is 0.225 e. The van der Waals surface area contributed by atoms with Gasteiger partial charge >= 0.3 is 0 Å². The molecule has 2 aliphatic rings. The van der Waals surface area contributed by atoms with Crippen LogP contribution in [0.15, 0.2) is 0 Å². The number of likely N-dealkylation sites (tertiary alicyclic amines) is 1. The van der Waals surface area contributed by atoms with Gasteiger partial charge in [-0.2, -0.15) is 5.10 Å². The predicted octanol–water partition coefficient (Wildman–Crippen LogP) is 3.17. The normalized spacial score (nSPS) is 24.7. The average molecular weight is 319 g/mol. The molecule has 1 aliphatic heterocycles. The van der Waals surface area contributed by atoms with Gasteiger partial charge in [0.1, 0.15) is 0 Å². The molecule has 128 valence electrons. The van der Waals surface area contributed by atoms with Crippen LogP contribution in [0, 0.1) is 13.8 Å². The molecule has 0 spiro atoms. The molecule has 1 atom stereocenters. The molecule has 2 N–H and O–H groups in total. The highest BCUT2D eigenvalue weighted by molar-refractivity contribution is 5.78. The molecule has 1 aliphatic carbocycles. The van der Waals surface area contributed by atoms with E-state index in [2.05, 4.69) is 10.2 Å². The Kier molecular flexibility index (Phi) is 4.76. The molecule has 0 aromatic carbocycles. The maximum Gasteiger partial charge on any atom is 0.225 e. The van der Waals surface area contributed by atoms with Gasteiger partial charge in [0.25, 0.3) is 0 Å². The lowest BCUT2D eigenvalue weighted by atomic mass is 9.94. The first kappa shape index (κ1) is 16.5. The number of hydrogen-bond acceptors (Lipinski definition) is 3. The number of rotatable bonds is 3. The maximum absolute atomic E-state index is 13.0. The Morgan fingerprint density at radius 2 is 2.00 bits per heavy atom. The average Bonchev–Trinajstić information content (AvgIpc) is 2.97. The van der Waals surface area contributed by atoms with Gasteiger partial charge in [0, 0.05) is 17.8 Å². The molecular formula is C18H29N3O2. The summed E-state index contributed by atoms with van der Waals surface area (Å²) in [6.45, 7) is 4.84. The van der Waals surface area contributed by atoms with Crippen LogP contribution in [0.25, 0.3) is 0 Å². The van der Waals surface area contributed by atoms with E-state index in [1.165, 1.54) is 12.0 Å². The quantitative estimate of drug-likeness (QED) is 0.899. The first-order valence-corrected chi connectivity index (χ1v) is 9.03. The van der Waals surface area contributed by atoms with Crippen molar-refractivity contribution in [2.24, 2.45) is 0 Å². The van der Waals surface area contributed by atoms with E-state index in [1.807, 2.05) is 18.7 Å². The van der Waals surface area contributed by atoms with Gasteiger partial charge < -0.3 is 10.0 Å². The highest BCUT2D eigenvalue weighted by Crippen LogP contribution is 2.37. The molecule has 5 nitrogen and oxygen atoms in total. The standard InChI is InChI=1S/C18H29N3O2/c1-13-17(14(2)20-19-13)15-8-4-3-7-11-21(15)16(22)12-18(23)9-5-6-10-18/h15,23H,3-12H2,1-2H3,(H,19,20). The molecule has 1 aromatic heterocycles. The monoisotopic (exact) mass is 319 g/mol. The van der Waals surface area contributed by atoms with Crippen LogP contribution in [0.5, 0.6) is 0 Å². The number of aryl methyl sites for hydroxylation is 2. The van der Waals surface area contributed by atoms with E-state index < -0.39 is 5.60 Å². The van der Waals surface area contributed by atoms with Crippen LogP contribution in [0.1, 0.15) is 80.8 Å². The summed E-state index contributed by atoms with van der Waals surface area (Å²) < 4.78 is 0. The van der Waals surface area contributed by atoms with E-state index in [9.17, 15) is 9.90 Å². The minimum atomic E-state index is -0.769. The van der Waals surface area contributed by atoms with Crippen molar-refractivity contribution in [1.29, 1.82) is 0 Å². The van der Waals surface area contributed by atoms with Crippen molar-refractivity contribution in [2.75, 3.05) is 6.54 Å². The van der Waals surface area contributed by atoms with E-state index in [-0.39, 0.29) is 18.4 Å². The van der Waals surface area contributed by atoms with E-state index in [4.69, 9.17) is 0 Å². The number of nitrogens with one attached hydrogen (secondary N) is 1. The van der Waals surface area contributed by atoms with Crippen molar-refractivity contribution in [2.45, 2.75) is 83.3 Å². The number of hydrogen-bond donors (Lipinski definition) is 2. The number of aromatic amines is 1. The molecule has 1 saturated carbocycles. The minimum Gasteiger partial charge on any atom is -0.389 e. The van der Waals surface area contributed by atoms with Crippen molar-refractivity contribution >= 4 is 5.91 Å². The molecule has 5 heteroatoms. The van der Waals surface area contributed by atoms with E-state index in [0.717, 1.165) is 62.9 Å². The van der Waals surface area contributed by atoms with Gasteiger partial charge in [0.15, 0.2) is 0 Å². The van der Waals surface area contributed by atoms with Crippen molar-refractivity contribution < 1.29 is 9.90 Å². The second kappa shape index (κ2) is 6.63. The van der Waals surface area contributed by atoms with Gasteiger partial charge in [-0.3, -0.25) is 9.89 Å². The third-order valence-corrected chi connectivity index (χ3v) is 5.61. The molecule has 1 unspecified atom stereocenters. The molecule has 2 fully saturated rings. The van der Waals surface area contributed by atoms with Crippen LogP contribution in [0.2, 0.25) is 0 Å². The van der Waals surface area contributed by atoms with Gasteiger partial charge in [0.2, 0.25) is 5.91 Å². The molecule has 0 radical (unpaired) electrons. The van der Waals surface area contributed by atoms with Gasteiger partial charge in [-0.15, -0.1) is 0 Å². The second-order valence-corrected chi connectivity index (χ2v) is 7.41. The number of carbonyl (C=O) groups is 1. The number of nitrogens with zero attached hydrogens (tertiary/aromatic N) is 2. The van der Waals surface area contributed by atoms with Crippen molar-refractivity contribution in [3.8, 4) is 0 Å². The summed E-state index contributed by atoms with van der Waals surface area (Å²) in [7, 11) is 0. The zero-order valence-electron chi connectivity index (χ0n) is 14.4. The van der Waals surface area contributed by atoms with Gasteiger partial charge in [-0.05, 0) is 39.5 Å². The summed E-state index contributed by atoms with van der Waals surface area (Å²) in [4.78, 5) is 15.0. The Morgan fingerprint density at radius 3 is 2.65 bits per heavy atom. The lowest BCUT2D eigenvalue weighted by Gasteiger charge is -2.33. The first-order valence-electron chi connectivity index (χ1n) is 9.03.